The smallest absolute Gasteiger partial charge is 0.0510 e. The monoisotopic (exact) mass is 628 g/mol. The summed E-state index contributed by atoms with van der Waals surface area (Å²) in [5.41, 5.74) is 0. The molecule has 0 aromatic rings. The Morgan fingerprint density at radius 1 is 0.422 bits per heavy atom. The van der Waals surface area contributed by atoms with Crippen molar-refractivity contribution in [3.63, 3.8) is 0 Å². The standard InChI is InChI=1S/C42H77NO2/c1-3-5-7-9-11-13-15-17-19-21-23-25-27-29-31-33-35-44-39-41-37-43-38-42(41)40-45-36-34-32-30-28-26-24-22-20-18-16-14-12-10-8-6-4-2/h11-14,17-20,41-43H,3-10,15-16,21-40H2,1-2H3/t41-,42-/m0/s1. The van der Waals surface area contributed by atoms with Crippen LogP contribution in [0.25, 0.3) is 0 Å². The summed E-state index contributed by atoms with van der Waals surface area (Å²) in [6.45, 7) is 10.3. The van der Waals surface area contributed by atoms with Crippen molar-refractivity contribution in [2.45, 2.75) is 168 Å². The van der Waals surface area contributed by atoms with E-state index in [9.17, 15) is 0 Å². The molecular weight excluding hydrogens is 550 g/mol. The lowest BCUT2D eigenvalue weighted by Gasteiger charge is -2.18. The van der Waals surface area contributed by atoms with E-state index in [4.69, 9.17) is 9.47 Å². The van der Waals surface area contributed by atoms with Gasteiger partial charge in [-0.3, -0.25) is 0 Å². The fourth-order valence-electron chi connectivity index (χ4n) is 6.03. The summed E-state index contributed by atoms with van der Waals surface area (Å²) < 4.78 is 12.2. The van der Waals surface area contributed by atoms with Crippen LogP contribution in [0.1, 0.15) is 168 Å². The molecule has 0 aromatic heterocycles. The SMILES string of the molecule is CCCCCC=CCC=CCCCCCCCCOC[C@@H]1CNC[C@H]1COCCCCCCCCC=CCC=CCCCCC. The molecule has 0 amide bonds. The van der Waals surface area contributed by atoms with Crippen LogP contribution < -0.4 is 5.32 Å². The van der Waals surface area contributed by atoms with Crippen LogP contribution >= 0.6 is 0 Å². The minimum absolute atomic E-state index is 0.616. The van der Waals surface area contributed by atoms with Gasteiger partial charge in [0, 0.05) is 38.1 Å². The topological polar surface area (TPSA) is 30.5 Å². The van der Waals surface area contributed by atoms with Gasteiger partial charge in [-0.2, -0.15) is 0 Å². The molecule has 1 rings (SSSR count). The number of nitrogens with one attached hydrogen (secondary N) is 1. The molecule has 0 unspecified atom stereocenters. The van der Waals surface area contributed by atoms with Gasteiger partial charge in [0.25, 0.3) is 0 Å². The number of rotatable bonds is 34. The highest BCUT2D eigenvalue weighted by Gasteiger charge is 2.27. The number of ether oxygens (including phenoxy) is 2. The molecule has 0 radical (unpaired) electrons. The van der Waals surface area contributed by atoms with Crippen LogP contribution in [0.3, 0.4) is 0 Å². The van der Waals surface area contributed by atoms with Crippen molar-refractivity contribution in [1.82, 2.24) is 5.32 Å². The summed E-state index contributed by atoms with van der Waals surface area (Å²) in [5, 5.41) is 3.56. The van der Waals surface area contributed by atoms with Gasteiger partial charge < -0.3 is 14.8 Å². The zero-order chi connectivity index (χ0) is 32.1. The molecule has 0 saturated carbocycles. The van der Waals surface area contributed by atoms with Gasteiger partial charge in [0.15, 0.2) is 0 Å². The molecule has 45 heavy (non-hydrogen) atoms. The van der Waals surface area contributed by atoms with E-state index < -0.39 is 0 Å². The molecule has 2 atom stereocenters. The summed E-state index contributed by atoms with van der Waals surface area (Å²) in [5.74, 6) is 1.23. The lowest BCUT2D eigenvalue weighted by atomic mass is 9.98. The van der Waals surface area contributed by atoms with Crippen molar-refractivity contribution in [2.75, 3.05) is 39.5 Å². The Morgan fingerprint density at radius 3 is 1.13 bits per heavy atom. The molecule has 3 nitrogen and oxygen atoms in total. The predicted molar refractivity (Wildman–Crippen MR) is 200 cm³/mol. The molecule has 0 aliphatic carbocycles. The van der Waals surface area contributed by atoms with E-state index >= 15 is 0 Å². The Labute approximate surface area is 282 Å². The molecule has 1 aliphatic heterocycles. The van der Waals surface area contributed by atoms with Gasteiger partial charge in [0.1, 0.15) is 0 Å². The average molecular weight is 628 g/mol. The van der Waals surface area contributed by atoms with Crippen LogP contribution in [0, 0.1) is 11.8 Å². The molecule has 1 N–H and O–H groups in total. The number of allylic oxidation sites excluding steroid dienone is 8. The highest BCUT2D eigenvalue weighted by atomic mass is 16.5. The molecule has 1 saturated heterocycles. The van der Waals surface area contributed by atoms with E-state index in [2.05, 4.69) is 67.8 Å². The minimum Gasteiger partial charge on any atom is -0.381 e. The molecular formula is C42H77NO2. The Hall–Kier alpha value is -1.16. The van der Waals surface area contributed by atoms with Gasteiger partial charge in [-0.1, -0.05) is 140 Å². The molecule has 3 heteroatoms. The summed E-state index contributed by atoms with van der Waals surface area (Å²) >= 11 is 0. The first-order valence-electron chi connectivity index (χ1n) is 19.8. The number of unbranched alkanes of at least 4 members (excludes halogenated alkanes) is 18. The van der Waals surface area contributed by atoms with E-state index in [1.165, 1.54) is 141 Å². The van der Waals surface area contributed by atoms with Gasteiger partial charge >= 0.3 is 0 Å². The fourth-order valence-corrected chi connectivity index (χ4v) is 6.03. The van der Waals surface area contributed by atoms with Crippen molar-refractivity contribution in [3.05, 3.63) is 48.6 Å². The summed E-state index contributed by atoms with van der Waals surface area (Å²) in [6, 6.07) is 0. The van der Waals surface area contributed by atoms with E-state index in [0.29, 0.717) is 11.8 Å². The highest BCUT2D eigenvalue weighted by molar-refractivity contribution is 4.93. The third-order valence-electron chi connectivity index (χ3n) is 9.12. The fraction of sp³-hybridized carbons (Fsp3) is 0.810. The molecule has 0 bridgehead atoms. The van der Waals surface area contributed by atoms with Crippen molar-refractivity contribution >= 4 is 0 Å². The first kappa shape index (κ1) is 41.9. The van der Waals surface area contributed by atoms with Crippen molar-refractivity contribution in [3.8, 4) is 0 Å². The van der Waals surface area contributed by atoms with Crippen LogP contribution in [0.15, 0.2) is 48.6 Å². The number of hydrogen-bond donors (Lipinski definition) is 1. The van der Waals surface area contributed by atoms with Crippen LogP contribution in [-0.4, -0.2) is 39.5 Å². The Bertz CT molecular complexity index is 639. The van der Waals surface area contributed by atoms with Gasteiger partial charge in [-0.25, -0.2) is 0 Å². The molecule has 1 fully saturated rings. The molecule has 1 aliphatic rings. The summed E-state index contributed by atoms with van der Waals surface area (Å²) in [4.78, 5) is 0. The normalized spacial score (nSPS) is 17.4. The van der Waals surface area contributed by atoms with Crippen molar-refractivity contribution in [1.29, 1.82) is 0 Å². The second kappa shape index (κ2) is 35.7. The zero-order valence-electron chi connectivity index (χ0n) is 30.3. The Kier molecular flexibility index (Phi) is 33.2. The lowest BCUT2D eigenvalue weighted by molar-refractivity contribution is 0.0482. The maximum absolute atomic E-state index is 6.09. The molecule has 0 spiro atoms. The molecule has 1 heterocycles. The zero-order valence-corrected chi connectivity index (χ0v) is 30.3. The summed E-state index contributed by atoms with van der Waals surface area (Å²) in [6.07, 6.45) is 49.9. The first-order chi connectivity index (χ1) is 22.4. The lowest BCUT2D eigenvalue weighted by Crippen LogP contribution is -2.23. The third-order valence-corrected chi connectivity index (χ3v) is 9.12. The predicted octanol–water partition coefficient (Wildman–Crippen LogP) is 12.5. The first-order valence-corrected chi connectivity index (χ1v) is 19.8. The quantitative estimate of drug-likeness (QED) is 0.0569. The van der Waals surface area contributed by atoms with Crippen molar-refractivity contribution < 1.29 is 9.47 Å². The Balaban J connectivity index is 1.83. The largest absolute Gasteiger partial charge is 0.381 e. The Morgan fingerprint density at radius 2 is 0.756 bits per heavy atom. The van der Waals surface area contributed by atoms with Crippen LogP contribution in [0.2, 0.25) is 0 Å². The maximum Gasteiger partial charge on any atom is 0.0510 e. The molecule has 0 aromatic carbocycles. The second-order valence-electron chi connectivity index (χ2n) is 13.5. The van der Waals surface area contributed by atoms with Crippen LogP contribution in [0.4, 0.5) is 0 Å². The maximum atomic E-state index is 6.09. The van der Waals surface area contributed by atoms with E-state index in [1.807, 2.05) is 0 Å². The van der Waals surface area contributed by atoms with Crippen LogP contribution in [0.5, 0.6) is 0 Å². The van der Waals surface area contributed by atoms with Gasteiger partial charge in [0.05, 0.1) is 13.2 Å². The number of hydrogen-bond acceptors (Lipinski definition) is 3. The van der Waals surface area contributed by atoms with E-state index in [0.717, 1.165) is 52.4 Å². The van der Waals surface area contributed by atoms with E-state index in [1.54, 1.807) is 0 Å². The highest BCUT2D eigenvalue weighted by Crippen LogP contribution is 2.18. The van der Waals surface area contributed by atoms with Gasteiger partial charge in [0.2, 0.25) is 0 Å². The van der Waals surface area contributed by atoms with Crippen molar-refractivity contribution in [2.24, 2.45) is 11.8 Å². The minimum atomic E-state index is 0.616. The summed E-state index contributed by atoms with van der Waals surface area (Å²) in [7, 11) is 0. The molecule has 262 valence electrons. The average Bonchev–Trinajstić information content (AvgIpc) is 3.50. The second-order valence-corrected chi connectivity index (χ2v) is 13.5. The van der Waals surface area contributed by atoms with Gasteiger partial charge in [-0.15, -0.1) is 0 Å². The van der Waals surface area contributed by atoms with E-state index in [-0.39, 0.29) is 0 Å². The third kappa shape index (κ3) is 30.0. The van der Waals surface area contributed by atoms with Crippen LogP contribution in [-0.2, 0) is 9.47 Å². The van der Waals surface area contributed by atoms with Gasteiger partial charge in [-0.05, 0) is 77.0 Å².